The maximum absolute atomic E-state index is 10.8. The summed E-state index contributed by atoms with van der Waals surface area (Å²) in [6, 6.07) is 0. The number of hydrazone groups is 1. The Hall–Kier alpha value is -2.12. The lowest BCUT2D eigenvalue weighted by Gasteiger charge is -2.03. The van der Waals surface area contributed by atoms with Crippen LogP contribution in [0.2, 0.25) is 0 Å². The van der Waals surface area contributed by atoms with Gasteiger partial charge in [0.05, 0.1) is 6.61 Å². The normalized spacial score (nSPS) is 11.2. The second-order valence-corrected chi connectivity index (χ2v) is 2.55. The number of H-pyrrole nitrogens is 1. The van der Waals surface area contributed by atoms with Gasteiger partial charge in [0.2, 0.25) is 5.90 Å². The molecule has 0 aliphatic rings. The Balaban J connectivity index is 2.76. The van der Waals surface area contributed by atoms with Crippen molar-refractivity contribution >= 4 is 17.5 Å². The molecule has 8 nitrogen and oxygen atoms in total. The van der Waals surface area contributed by atoms with Gasteiger partial charge in [0, 0.05) is 6.92 Å². The Morgan fingerprint density at radius 1 is 1.73 bits per heavy atom. The summed E-state index contributed by atoms with van der Waals surface area (Å²) >= 11 is 0. The van der Waals surface area contributed by atoms with Crippen molar-refractivity contribution in [1.82, 2.24) is 15.2 Å². The number of nitrogens with two attached hydrogens (primary N) is 1. The fourth-order valence-corrected chi connectivity index (χ4v) is 0.800. The van der Waals surface area contributed by atoms with Crippen LogP contribution >= 0.6 is 0 Å². The summed E-state index contributed by atoms with van der Waals surface area (Å²) in [4.78, 5) is 14.3. The van der Waals surface area contributed by atoms with E-state index in [4.69, 9.17) is 10.5 Å². The summed E-state index contributed by atoms with van der Waals surface area (Å²) in [5.74, 6) is 0.569. The highest BCUT2D eigenvalue weighted by atomic mass is 16.5. The van der Waals surface area contributed by atoms with Gasteiger partial charge in [-0.15, -0.1) is 10.2 Å². The Labute approximate surface area is 85.5 Å². The van der Waals surface area contributed by atoms with E-state index in [0.29, 0.717) is 12.5 Å². The number of rotatable bonds is 3. The smallest absolute Gasteiger partial charge is 0.363 e. The summed E-state index contributed by atoms with van der Waals surface area (Å²) in [5, 5.41) is 9.39. The zero-order chi connectivity index (χ0) is 11.3. The molecular formula is C7H12N6O2. The number of hydrogen-bond acceptors (Lipinski definition) is 7. The maximum atomic E-state index is 10.8. The number of hydrogen-bond donors (Lipinski definition) is 3. The van der Waals surface area contributed by atoms with Crippen molar-refractivity contribution in [3.63, 3.8) is 0 Å². The summed E-state index contributed by atoms with van der Waals surface area (Å²) in [5.41, 5.74) is 7.32. The van der Waals surface area contributed by atoms with Crippen molar-refractivity contribution in [1.29, 1.82) is 0 Å². The fraction of sp³-hybridized carbons (Fsp3) is 0.429. The van der Waals surface area contributed by atoms with E-state index in [-0.39, 0.29) is 11.6 Å². The molecule has 0 atom stereocenters. The van der Waals surface area contributed by atoms with E-state index in [1.54, 1.807) is 6.92 Å². The number of aromatic amines is 1. The highest BCUT2D eigenvalue weighted by Crippen LogP contribution is 2.06. The maximum Gasteiger partial charge on any atom is 0.363 e. The Bertz CT molecular complexity index is 412. The van der Waals surface area contributed by atoms with Crippen LogP contribution in [0.1, 0.15) is 13.8 Å². The minimum atomic E-state index is -0.601. The fourth-order valence-electron chi connectivity index (χ4n) is 0.800. The highest BCUT2D eigenvalue weighted by molar-refractivity contribution is 5.74. The molecule has 1 aromatic rings. The molecule has 0 unspecified atom stereocenters. The van der Waals surface area contributed by atoms with E-state index in [1.807, 2.05) is 6.92 Å². The Morgan fingerprint density at radius 3 is 3.13 bits per heavy atom. The van der Waals surface area contributed by atoms with E-state index in [1.165, 1.54) is 0 Å². The van der Waals surface area contributed by atoms with Crippen molar-refractivity contribution in [3.05, 3.63) is 10.5 Å². The largest absolute Gasteiger partial charge is 0.480 e. The topological polar surface area (TPSA) is 118 Å². The zero-order valence-electron chi connectivity index (χ0n) is 8.44. The molecule has 15 heavy (non-hydrogen) atoms. The predicted octanol–water partition coefficient (Wildman–Crippen LogP) is -0.471. The predicted molar refractivity (Wildman–Crippen MR) is 55.4 cm³/mol. The van der Waals surface area contributed by atoms with Gasteiger partial charge in [-0.3, -0.25) is 5.43 Å². The van der Waals surface area contributed by atoms with E-state index in [9.17, 15) is 4.79 Å². The van der Waals surface area contributed by atoms with Crippen LogP contribution in [-0.2, 0) is 4.74 Å². The van der Waals surface area contributed by atoms with Crippen LogP contribution in [0.4, 0.5) is 11.6 Å². The molecule has 0 aliphatic carbocycles. The summed E-state index contributed by atoms with van der Waals surface area (Å²) in [6.07, 6.45) is 0. The number of aromatic nitrogens is 3. The van der Waals surface area contributed by atoms with E-state index in [0.717, 1.165) is 0 Å². The van der Waals surface area contributed by atoms with Gasteiger partial charge in [-0.2, -0.15) is 4.98 Å². The summed E-state index contributed by atoms with van der Waals surface area (Å²) < 4.78 is 5.05. The summed E-state index contributed by atoms with van der Waals surface area (Å²) in [7, 11) is 0. The van der Waals surface area contributed by atoms with Crippen LogP contribution in [0.5, 0.6) is 0 Å². The van der Waals surface area contributed by atoms with Crippen LogP contribution in [-0.4, -0.2) is 27.7 Å². The molecular weight excluding hydrogens is 200 g/mol. The molecule has 0 spiro atoms. The van der Waals surface area contributed by atoms with Crippen molar-refractivity contribution in [2.75, 3.05) is 17.8 Å². The van der Waals surface area contributed by atoms with E-state index in [2.05, 4.69) is 25.7 Å². The minimum absolute atomic E-state index is 0.0580. The molecule has 0 bridgehead atoms. The first-order chi connectivity index (χ1) is 7.13. The average Bonchev–Trinajstić information content (AvgIpc) is 2.20. The van der Waals surface area contributed by atoms with Crippen molar-refractivity contribution in [2.45, 2.75) is 13.8 Å². The summed E-state index contributed by atoms with van der Waals surface area (Å²) in [6.45, 7) is 4.00. The number of nitrogens with one attached hydrogen (secondary N) is 2. The number of ether oxygens (including phenoxy) is 1. The SMILES string of the molecule is CCO/C(C)=N/Nc1nc(=O)[nH]nc1N. The number of nitrogens with zero attached hydrogens (tertiary/aromatic N) is 3. The molecule has 0 aromatic carbocycles. The van der Waals surface area contributed by atoms with E-state index >= 15 is 0 Å². The number of nitrogen functional groups attached to an aromatic ring is 1. The van der Waals surface area contributed by atoms with Crippen LogP contribution in [0, 0.1) is 0 Å². The average molecular weight is 212 g/mol. The first-order valence-corrected chi connectivity index (χ1v) is 4.28. The quantitative estimate of drug-likeness (QED) is 0.354. The molecule has 0 saturated carbocycles. The van der Waals surface area contributed by atoms with Gasteiger partial charge in [0.25, 0.3) is 0 Å². The first-order valence-electron chi connectivity index (χ1n) is 4.28. The lowest BCUT2D eigenvalue weighted by atomic mass is 10.6. The van der Waals surface area contributed by atoms with Gasteiger partial charge >= 0.3 is 5.69 Å². The first kappa shape index (κ1) is 11.0. The molecule has 4 N–H and O–H groups in total. The van der Waals surface area contributed by atoms with Crippen LogP contribution in [0.15, 0.2) is 9.90 Å². The third kappa shape index (κ3) is 3.25. The molecule has 0 amide bonds. The van der Waals surface area contributed by atoms with Crippen LogP contribution in [0.25, 0.3) is 0 Å². The van der Waals surface area contributed by atoms with E-state index < -0.39 is 5.69 Å². The Morgan fingerprint density at radius 2 is 2.47 bits per heavy atom. The lowest BCUT2D eigenvalue weighted by Crippen LogP contribution is -2.17. The van der Waals surface area contributed by atoms with Gasteiger partial charge in [-0.1, -0.05) is 0 Å². The zero-order valence-corrected chi connectivity index (χ0v) is 8.44. The third-order valence-corrected chi connectivity index (χ3v) is 1.40. The molecule has 0 fully saturated rings. The molecule has 0 aliphatic heterocycles. The van der Waals surface area contributed by atoms with Crippen LogP contribution < -0.4 is 16.8 Å². The third-order valence-electron chi connectivity index (χ3n) is 1.40. The molecule has 82 valence electrons. The van der Waals surface area contributed by atoms with Gasteiger partial charge < -0.3 is 10.5 Å². The van der Waals surface area contributed by atoms with Gasteiger partial charge in [0.15, 0.2) is 11.6 Å². The van der Waals surface area contributed by atoms with Gasteiger partial charge in [0.1, 0.15) is 0 Å². The molecule has 1 rings (SSSR count). The van der Waals surface area contributed by atoms with Crippen LogP contribution in [0.3, 0.4) is 0 Å². The molecule has 8 heteroatoms. The minimum Gasteiger partial charge on any atom is -0.480 e. The highest BCUT2D eigenvalue weighted by Gasteiger charge is 2.01. The lowest BCUT2D eigenvalue weighted by molar-refractivity contribution is 0.324. The molecule has 0 radical (unpaired) electrons. The standard InChI is InChI=1S/C7H12N6O2/c1-3-15-4(2)10-12-6-5(8)11-13-7(14)9-6/h3H2,1-2H3,(H2,8,11)(H2,9,12,13,14)/b10-4+. The molecule has 1 aromatic heterocycles. The van der Waals surface area contributed by atoms with Crippen molar-refractivity contribution in [2.24, 2.45) is 5.10 Å². The van der Waals surface area contributed by atoms with Gasteiger partial charge in [-0.25, -0.2) is 9.89 Å². The van der Waals surface area contributed by atoms with Crippen molar-refractivity contribution in [3.8, 4) is 0 Å². The molecule has 1 heterocycles. The number of anilines is 2. The monoisotopic (exact) mass is 212 g/mol. The second kappa shape index (κ2) is 4.94. The van der Waals surface area contributed by atoms with Crippen molar-refractivity contribution < 1.29 is 4.74 Å². The Kier molecular flexibility index (Phi) is 3.61. The van der Waals surface area contributed by atoms with Gasteiger partial charge in [-0.05, 0) is 6.92 Å². The second-order valence-electron chi connectivity index (χ2n) is 2.55. The molecule has 0 saturated heterocycles.